The zero-order valence-corrected chi connectivity index (χ0v) is 19.7. The average Bonchev–Trinajstić information content (AvgIpc) is 3.64. The Bertz CT molecular complexity index is 1070. The van der Waals surface area contributed by atoms with Crippen molar-refractivity contribution in [2.24, 2.45) is 5.92 Å². The highest BCUT2D eigenvalue weighted by atomic mass is 32.2. The predicted octanol–water partition coefficient (Wildman–Crippen LogP) is 3.50. The molecule has 1 aromatic heterocycles. The van der Waals surface area contributed by atoms with Crippen LogP contribution in [-0.4, -0.2) is 44.6 Å². The fraction of sp³-hybridized carbons (Fsp3) is 0.375. The van der Waals surface area contributed by atoms with Crippen LogP contribution >= 0.6 is 11.8 Å². The number of carbonyl (C=O) groups excluding carboxylic acids is 1. The summed E-state index contributed by atoms with van der Waals surface area (Å²) in [6.45, 7) is 2.90. The molecule has 2 N–H and O–H groups in total. The minimum absolute atomic E-state index is 0.0698. The third-order valence-corrected chi connectivity index (χ3v) is 6.71. The monoisotopic (exact) mass is 467 g/mol. The molecule has 174 valence electrons. The Hall–Kier alpha value is -3.20. The molecule has 1 heterocycles. The minimum Gasteiger partial charge on any atom is -0.497 e. The van der Waals surface area contributed by atoms with E-state index in [-0.39, 0.29) is 24.3 Å². The molecule has 0 saturated heterocycles. The van der Waals surface area contributed by atoms with E-state index in [1.807, 2.05) is 41.3 Å². The quantitative estimate of drug-likeness (QED) is 0.341. The Kier molecular flexibility index (Phi) is 7.39. The molecule has 9 heteroatoms. The van der Waals surface area contributed by atoms with Gasteiger partial charge in [-0.3, -0.25) is 4.79 Å². The Labute approximate surface area is 198 Å². The lowest BCUT2D eigenvalue weighted by atomic mass is 10.1. The molecule has 8 nitrogen and oxygen atoms in total. The van der Waals surface area contributed by atoms with Crippen LogP contribution < -0.4 is 15.3 Å². The van der Waals surface area contributed by atoms with E-state index in [4.69, 9.17) is 15.3 Å². The highest BCUT2D eigenvalue weighted by Gasteiger charge is 2.34. The van der Waals surface area contributed by atoms with E-state index >= 15 is 0 Å². The second-order valence-corrected chi connectivity index (χ2v) is 9.05. The van der Waals surface area contributed by atoms with Crippen LogP contribution in [0, 0.1) is 5.92 Å². The van der Waals surface area contributed by atoms with Gasteiger partial charge < -0.3 is 20.2 Å². The van der Waals surface area contributed by atoms with Gasteiger partial charge in [0.15, 0.2) is 5.82 Å². The van der Waals surface area contributed by atoms with Crippen molar-refractivity contribution in [2.75, 3.05) is 18.7 Å². The molecule has 0 aliphatic heterocycles. The summed E-state index contributed by atoms with van der Waals surface area (Å²) in [5, 5.41) is 8.75. The molecule has 0 bridgehead atoms. The number of nitrogens with zero attached hydrogens (tertiary/aromatic N) is 4. The zero-order chi connectivity index (χ0) is 23.2. The number of rotatable bonds is 11. The molecular weight excluding hydrogens is 438 g/mol. The van der Waals surface area contributed by atoms with Crippen molar-refractivity contribution in [3.63, 3.8) is 0 Å². The van der Waals surface area contributed by atoms with Gasteiger partial charge in [-0.15, -0.1) is 10.2 Å². The Morgan fingerprint density at radius 1 is 1.18 bits per heavy atom. The third-order valence-electron chi connectivity index (χ3n) is 5.78. The second-order valence-electron chi connectivity index (χ2n) is 8.11. The summed E-state index contributed by atoms with van der Waals surface area (Å²) in [5.41, 5.74) is 1.13. The fourth-order valence-electron chi connectivity index (χ4n) is 3.62. The van der Waals surface area contributed by atoms with Crippen LogP contribution in [-0.2, 0) is 17.9 Å². The summed E-state index contributed by atoms with van der Waals surface area (Å²) in [5.74, 6) is 8.89. The number of nitrogens with two attached hydrogens (primary N) is 1. The summed E-state index contributed by atoms with van der Waals surface area (Å²) < 4.78 is 12.3. The zero-order valence-electron chi connectivity index (χ0n) is 18.9. The smallest absolute Gasteiger partial charge is 0.233 e. The first-order valence-corrected chi connectivity index (χ1v) is 12.0. The van der Waals surface area contributed by atoms with Crippen molar-refractivity contribution in [3.05, 3.63) is 66.0 Å². The van der Waals surface area contributed by atoms with E-state index in [1.54, 1.807) is 13.2 Å². The molecule has 1 saturated carbocycles. The second kappa shape index (κ2) is 10.6. The number of carbonyl (C=O) groups is 1. The normalized spacial score (nSPS) is 14.0. The Morgan fingerprint density at radius 3 is 2.67 bits per heavy atom. The first kappa shape index (κ1) is 23.0. The lowest BCUT2D eigenvalue weighted by molar-refractivity contribution is -0.131. The Morgan fingerprint density at radius 2 is 1.94 bits per heavy atom. The molecule has 0 spiro atoms. The number of amides is 1. The maximum Gasteiger partial charge on any atom is 0.233 e. The van der Waals surface area contributed by atoms with Crippen LogP contribution in [0.15, 0.2) is 59.8 Å². The van der Waals surface area contributed by atoms with E-state index in [9.17, 15) is 4.79 Å². The number of nitrogen functional groups attached to an aromatic ring is 1. The maximum atomic E-state index is 13.2. The SMILES string of the molecule is COc1cccc(OCc2nnc(SCC(=O)N(Cc3ccccc3)C(C)C3CC3)n2N)c1. The molecule has 1 aliphatic rings. The minimum atomic E-state index is 0.0698. The molecule has 33 heavy (non-hydrogen) atoms. The number of hydrogen-bond acceptors (Lipinski definition) is 7. The van der Waals surface area contributed by atoms with Gasteiger partial charge in [-0.1, -0.05) is 48.2 Å². The molecule has 1 atom stereocenters. The van der Waals surface area contributed by atoms with Crippen molar-refractivity contribution < 1.29 is 14.3 Å². The number of benzene rings is 2. The number of ether oxygens (including phenoxy) is 2. The summed E-state index contributed by atoms with van der Waals surface area (Å²) in [6, 6.07) is 17.6. The van der Waals surface area contributed by atoms with Gasteiger partial charge in [-0.25, -0.2) is 4.68 Å². The number of aromatic nitrogens is 3. The molecule has 0 radical (unpaired) electrons. The molecule has 1 unspecified atom stereocenters. The van der Waals surface area contributed by atoms with Crippen molar-refractivity contribution in [1.82, 2.24) is 19.8 Å². The van der Waals surface area contributed by atoms with Gasteiger partial charge in [0.2, 0.25) is 11.1 Å². The topological polar surface area (TPSA) is 95.5 Å². The third kappa shape index (κ3) is 5.98. The van der Waals surface area contributed by atoms with Crippen molar-refractivity contribution in [3.8, 4) is 11.5 Å². The van der Waals surface area contributed by atoms with Crippen LogP contribution in [0.4, 0.5) is 0 Å². The van der Waals surface area contributed by atoms with E-state index < -0.39 is 0 Å². The lowest BCUT2D eigenvalue weighted by Crippen LogP contribution is -2.40. The summed E-state index contributed by atoms with van der Waals surface area (Å²) >= 11 is 1.29. The predicted molar refractivity (Wildman–Crippen MR) is 127 cm³/mol. The van der Waals surface area contributed by atoms with Gasteiger partial charge in [-0.2, -0.15) is 0 Å². The van der Waals surface area contributed by atoms with E-state index in [2.05, 4.69) is 29.3 Å². The number of hydrogen-bond donors (Lipinski definition) is 1. The number of thioether (sulfide) groups is 1. The fourth-order valence-corrected chi connectivity index (χ4v) is 4.39. The first-order valence-electron chi connectivity index (χ1n) is 11.0. The van der Waals surface area contributed by atoms with Crippen LogP contribution in [0.3, 0.4) is 0 Å². The summed E-state index contributed by atoms with van der Waals surface area (Å²) in [6.07, 6.45) is 2.36. The van der Waals surface area contributed by atoms with E-state index in [0.717, 1.165) is 5.56 Å². The number of methoxy groups -OCH3 is 1. The first-order chi connectivity index (χ1) is 16.0. The van der Waals surface area contributed by atoms with Crippen molar-refractivity contribution in [2.45, 2.75) is 44.1 Å². The lowest BCUT2D eigenvalue weighted by Gasteiger charge is -2.29. The Balaban J connectivity index is 1.36. The van der Waals surface area contributed by atoms with Gasteiger partial charge in [-0.05, 0) is 43.4 Å². The van der Waals surface area contributed by atoms with Crippen LogP contribution in [0.5, 0.6) is 11.5 Å². The molecular formula is C24H29N5O3S. The molecule has 1 aliphatic carbocycles. The van der Waals surface area contributed by atoms with Gasteiger partial charge in [0.05, 0.1) is 12.9 Å². The van der Waals surface area contributed by atoms with Crippen LogP contribution in [0.25, 0.3) is 0 Å². The molecule has 1 fully saturated rings. The summed E-state index contributed by atoms with van der Waals surface area (Å²) in [4.78, 5) is 15.1. The standard InChI is InChI=1S/C24H29N5O3S/c1-17(19-11-12-19)28(14-18-7-4-3-5-8-18)23(30)16-33-24-27-26-22(29(24)25)15-32-21-10-6-9-20(13-21)31-2/h3-10,13,17,19H,11-12,14-16,25H2,1-2H3. The van der Waals surface area contributed by atoms with Crippen molar-refractivity contribution in [1.29, 1.82) is 0 Å². The van der Waals surface area contributed by atoms with Gasteiger partial charge in [0.1, 0.15) is 18.1 Å². The largest absolute Gasteiger partial charge is 0.497 e. The summed E-state index contributed by atoms with van der Waals surface area (Å²) in [7, 11) is 1.60. The van der Waals surface area contributed by atoms with Gasteiger partial charge in [0, 0.05) is 18.7 Å². The average molecular weight is 468 g/mol. The van der Waals surface area contributed by atoms with Crippen LogP contribution in [0.1, 0.15) is 31.2 Å². The van der Waals surface area contributed by atoms with Crippen LogP contribution in [0.2, 0.25) is 0 Å². The molecule has 2 aromatic carbocycles. The molecule has 1 amide bonds. The molecule has 4 rings (SSSR count). The highest BCUT2D eigenvalue weighted by Crippen LogP contribution is 2.36. The van der Waals surface area contributed by atoms with E-state index in [0.29, 0.717) is 34.9 Å². The maximum absolute atomic E-state index is 13.2. The van der Waals surface area contributed by atoms with Gasteiger partial charge >= 0.3 is 0 Å². The van der Waals surface area contributed by atoms with Gasteiger partial charge in [0.25, 0.3) is 0 Å². The molecule has 3 aromatic rings. The van der Waals surface area contributed by atoms with E-state index in [1.165, 1.54) is 29.3 Å². The highest BCUT2D eigenvalue weighted by molar-refractivity contribution is 7.99. The van der Waals surface area contributed by atoms with Crippen molar-refractivity contribution >= 4 is 17.7 Å².